The second-order valence-electron chi connectivity index (χ2n) is 14.3. The maximum absolute atomic E-state index is 13.9. The average molecular weight is 820 g/mol. The fourth-order valence-corrected chi connectivity index (χ4v) is 8.03. The van der Waals surface area contributed by atoms with Gasteiger partial charge in [-0.05, 0) is 67.1 Å². The van der Waals surface area contributed by atoms with Gasteiger partial charge in [0.1, 0.15) is 22.9 Å². The third-order valence-corrected chi connectivity index (χ3v) is 11.1. The molecule has 2 saturated carbocycles. The Morgan fingerprint density at radius 3 is 1.46 bits per heavy atom. The molecule has 8 nitrogen and oxygen atoms in total. The summed E-state index contributed by atoms with van der Waals surface area (Å²) in [4.78, 5) is 17.4. The van der Waals surface area contributed by atoms with Gasteiger partial charge in [-0.3, -0.25) is 0 Å². The van der Waals surface area contributed by atoms with E-state index < -0.39 is 23.5 Å². The molecule has 0 unspecified atom stereocenters. The Hall–Kier alpha value is -5.60. The van der Waals surface area contributed by atoms with Crippen LogP contribution in [0.3, 0.4) is 0 Å². The van der Waals surface area contributed by atoms with E-state index in [1.807, 2.05) is 62.4 Å². The van der Waals surface area contributed by atoms with E-state index in [0.717, 1.165) is 22.4 Å². The lowest BCUT2D eigenvalue weighted by Crippen LogP contribution is -2.37. The second kappa shape index (κ2) is 14.1. The largest absolute Gasteiger partial charge is 0.327 e. The summed E-state index contributed by atoms with van der Waals surface area (Å²) in [7, 11) is 0. The summed E-state index contributed by atoms with van der Waals surface area (Å²) in [6, 6.07) is 15.5. The summed E-state index contributed by atoms with van der Waals surface area (Å²) in [5, 5.41) is -0.0290. The van der Waals surface area contributed by atoms with E-state index in [0.29, 0.717) is 40.3 Å². The van der Waals surface area contributed by atoms with Crippen LogP contribution in [-0.4, -0.2) is 49.7 Å². The van der Waals surface area contributed by atoms with Gasteiger partial charge < -0.3 is 17.9 Å². The zero-order chi connectivity index (χ0) is 39.6. The van der Waals surface area contributed by atoms with Crippen LogP contribution >= 0.6 is 23.2 Å². The van der Waals surface area contributed by atoms with E-state index in [9.17, 15) is 26.3 Å². The van der Waals surface area contributed by atoms with Crippen molar-refractivity contribution < 1.29 is 26.3 Å². The number of aromatic nitrogens is 8. The first-order chi connectivity index (χ1) is 27.3. The smallest absolute Gasteiger partial charge is 0.252 e. The Bertz CT molecular complexity index is 2780. The van der Waals surface area contributed by atoms with Gasteiger partial charge in [-0.15, -0.1) is 0 Å². The first-order valence-corrected chi connectivity index (χ1v) is 18.7. The molecule has 1 atom stereocenters. The van der Waals surface area contributed by atoms with Gasteiger partial charge in [0.2, 0.25) is 5.92 Å². The van der Waals surface area contributed by atoms with E-state index in [4.69, 9.17) is 23.2 Å². The highest BCUT2D eigenvalue weighted by atomic mass is 35.5. The number of fused-ring (bicyclic) bond motifs is 2. The molecular formula is C41H30Cl2F6N8. The highest BCUT2D eigenvalue weighted by Crippen LogP contribution is 2.48. The first kappa shape index (κ1) is 37.0. The Kier molecular flexibility index (Phi) is 9.15. The molecule has 8 aromatic rings. The van der Waals surface area contributed by atoms with Crippen LogP contribution in [0.5, 0.6) is 0 Å². The van der Waals surface area contributed by atoms with Crippen molar-refractivity contribution in [3.05, 3.63) is 132 Å². The van der Waals surface area contributed by atoms with Gasteiger partial charge in [0.25, 0.3) is 5.92 Å². The van der Waals surface area contributed by atoms with Gasteiger partial charge in [-0.25, -0.2) is 46.3 Å². The normalized spacial score (nSPS) is 17.5. The summed E-state index contributed by atoms with van der Waals surface area (Å²) < 4.78 is 89.4. The summed E-state index contributed by atoms with van der Waals surface area (Å²) in [6.07, 6.45) is 13.5. The minimum absolute atomic E-state index is 0.0135. The molecule has 0 radical (unpaired) electrons. The number of benzene rings is 2. The van der Waals surface area contributed by atoms with E-state index >= 15 is 0 Å². The molecule has 290 valence electrons. The summed E-state index contributed by atoms with van der Waals surface area (Å²) in [5.74, 6) is -6.38. The molecule has 2 aromatic carbocycles. The second-order valence-corrected chi connectivity index (χ2v) is 15.2. The van der Waals surface area contributed by atoms with Crippen LogP contribution in [0.2, 0.25) is 10.0 Å². The maximum Gasteiger partial charge on any atom is 0.252 e. The standard InChI is InChI=1S/C21H16ClF3N4.C20H14ClF3N4/c22-16-9-13(1-3-17(16)23)19-20(14-2-4-18-26-7-8-28(18)11-14)29(12-27-19)15-5-6-21(24,25)10-15;21-15-7-12(1-3-16(15)22)18-19(13-2-4-17-25-5-6-27(17)10-13)28(11-26-18)14-8-20(23,24)9-14/h1-4,7-9,11-12,15H,5-6,10H2;1-7,10-11,14H,8-9H2/t15-;/m1./s1. The van der Waals surface area contributed by atoms with Crippen molar-refractivity contribution in [2.75, 3.05) is 0 Å². The van der Waals surface area contributed by atoms with Gasteiger partial charge in [0, 0.05) is 97.2 Å². The zero-order valence-electron chi connectivity index (χ0n) is 29.7. The van der Waals surface area contributed by atoms with Gasteiger partial charge in [-0.2, -0.15) is 0 Å². The maximum atomic E-state index is 13.9. The highest BCUT2D eigenvalue weighted by molar-refractivity contribution is 6.31. The van der Waals surface area contributed by atoms with Crippen molar-refractivity contribution in [3.63, 3.8) is 0 Å². The molecule has 6 heterocycles. The Morgan fingerprint density at radius 2 is 1.02 bits per heavy atom. The minimum Gasteiger partial charge on any atom is -0.327 e. The molecule has 0 saturated heterocycles. The van der Waals surface area contributed by atoms with Crippen LogP contribution < -0.4 is 0 Å². The molecular weight excluding hydrogens is 789 g/mol. The summed E-state index contributed by atoms with van der Waals surface area (Å²) in [6.45, 7) is 0. The van der Waals surface area contributed by atoms with Crippen molar-refractivity contribution in [2.45, 2.75) is 56.0 Å². The third-order valence-electron chi connectivity index (χ3n) is 10.5. The number of nitrogens with zero attached hydrogens (tertiary/aromatic N) is 8. The van der Waals surface area contributed by atoms with E-state index in [1.54, 1.807) is 41.7 Å². The Balaban J connectivity index is 0.000000148. The number of imidazole rings is 4. The van der Waals surface area contributed by atoms with Crippen LogP contribution in [0.15, 0.2) is 110 Å². The van der Waals surface area contributed by atoms with E-state index in [-0.39, 0.29) is 47.8 Å². The lowest BCUT2D eigenvalue weighted by molar-refractivity contribution is -0.103. The van der Waals surface area contributed by atoms with Crippen molar-refractivity contribution in [1.29, 1.82) is 0 Å². The Labute approximate surface area is 331 Å². The van der Waals surface area contributed by atoms with Crippen LogP contribution in [0.25, 0.3) is 56.3 Å². The lowest BCUT2D eigenvalue weighted by atomic mass is 9.87. The average Bonchev–Trinajstić information content (AvgIpc) is 4.02. The topological polar surface area (TPSA) is 70.2 Å². The molecule has 2 aliphatic carbocycles. The van der Waals surface area contributed by atoms with Crippen molar-refractivity contribution in [3.8, 4) is 45.0 Å². The lowest BCUT2D eigenvalue weighted by Gasteiger charge is -2.36. The van der Waals surface area contributed by atoms with Crippen LogP contribution in [-0.2, 0) is 0 Å². The van der Waals surface area contributed by atoms with Crippen molar-refractivity contribution in [2.24, 2.45) is 0 Å². The molecule has 0 spiro atoms. The van der Waals surface area contributed by atoms with Crippen LogP contribution in [0, 0.1) is 11.6 Å². The fraction of sp³-hybridized carbons (Fsp3) is 0.220. The fourth-order valence-electron chi connectivity index (χ4n) is 7.67. The number of rotatable bonds is 6. The van der Waals surface area contributed by atoms with Gasteiger partial charge in [0.05, 0.1) is 45.5 Å². The number of alkyl halides is 4. The van der Waals surface area contributed by atoms with E-state index in [2.05, 4.69) is 19.9 Å². The molecule has 10 rings (SSSR count). The molecule has 2 aliphatic rings. The quantitative estimate of drug-likeness (QED) is 0.157. The SMILES string of the molecule is Fc1ccc(-c2ncn(C3CC(F)(F)C3)c2-c2ccc3nccn3c2)cc1Cl.Fc1ccc(-c2ncn([C@@H]3CCC(F)(F)C3)c2-c2ccc3nccn3c2)cc1Cl. The zero-order valence-corrected chi connectivity index (χ0v) is 31.2. The summed E-state index contributed by atoms with van der Waals surface area (Å²) >= 11 is 11.9. The molecule has 0 N–H and O–H groups in total. The van der Waals surface area contributed by atoms with E-state index in [1.165, 1.54) is 24.3 Å². The van der Waals surface area contributed by atoms with Crippen LogP contribution in [0.1, 0.15) is 44.2 Å². The summed E-state index contributed by atoms with van der Waals surface area (Å²) in [5.41, 5.74) is 6.93. The van der Waals surface area contributed by atoms with Crippen molar-refractivity contribution in [1.82, 2.24) is 37.9 Å². The molecule has 0 bridgehead atoms. The molecule has 0 amide bonds. The Morgan fingerprint density at radius 1 is 0.561 bits per heavy atom. The molecule has 57 heavy (non-hydrogen) atoms. The molecule has 6 aromatic heterocycles. The first-order valence-electron chi connectivity index (χ1n) is 18.0. The highest BCUT2D eigenvalue weighted by Gasteiger charge is 2.47. The van der Waals surface area contributed by atoms with Crippen LogP contribution in [0.4, 0.5) is 26.3 Å². The minimum atomic E-state index is -2.68. The van der Waals surface area contributed by atoms with Crippen molar-refractivity contribution >= 4 is 34.5 Å². The third kappa shape index (κ3) is 7.05. The van der Waals surface area contributed by atoms with Gasteiger partial charge >= 0.3 is 0 Å². The number of halogens is 8. The number of hydrogen-bond donors (Lipinski definition) is 0. The number of hydrogen-bond acceptors (Lipinski definition) is 4. The van der Waals surface area contributed by atoms with Gasteiger partial charge in [-0.1, -0.05) is 23.2 Å². The monoisotopic (exact) mass is 818 g/mol. The number of pyridine rings is 2. The van der Waals surface area contributed by atoms with Gasteiger partial charge in [0.15, 0.2) is 0 Å². The molecule has 2 fully saturated rings. The molecule has 16 heteroatoms. The predicted molar refractivity (Wildman–Crippen MR) is 205 cm³/mol. The predicted octanol–water partition coefficient (Wildman–Crippen LogP) is 11.6. The molecule has 0 aliphatic heterocycles.